The molecule has 7 nitrogen and oxygen atoms in total. The molecule has 0 aromatic carbocycles. The van der Waals surface area contributed by atoms with Crippen LogP contribution in [0.3, 0.4) is 0 Å². The molecule has 0 aliphatic carbocycles. The molecular weight excluding hydrogens is 475 g/mol. The summed E-state index contributed by atoms with van der Waals surface area (Å²) in [4.78, 5) is 14.2. The lowest BCUT2D eigenvalue weighted by Crippen LogP contribution is -2.52. The van der Waals surface area contributed by atoms with Gasteiger partial charge in [-0.15, -0.1) is 35.3 Å². The van der Waals surface area contributed by atoms with Gasteiger partial charge in [0.2, 0.25) is 0 Å². The monoisotopic (exact) mass is 504 g/mol. The summed E-state index contributed by atoms with van der Waals surface area (Å²) >= 11 is 1.73. The topological polar surface area (TPSA) is 69.8 Å². The van der Waals surface area contributed by atoms with Crippen molar-refractivity contribution in [2.75, 3.05) is 32.7 Å². The van der Waals surface area contributed by atoms with E-state index in [1.54, 1.807) is 17.6 Å². The maximum Gasteiger partial charge on any atom is 0.194 e. The van der Waals surface area contributed by atoms with Crippen LogP contribution in [0.5, 0.6) is 0 Å². The van der Waals surface area contributed by atoms with Crippen LogP contribution in [0, 0.1) is 0 Å². The van der Waals surface area contributed by atoms with E-state index < -0.39 is 0 Å². The van der Waals surface area contributed by atoms with E-state index >= 15 is 0 Å². The van der Waals surface area contributed by atoms with Gasteiger partial charge < -0.3 is 14.7 Å². The fraction of sp³-hybridized carbons (Fsp3) is 0.611. The summed E-state index contributed by atoms with van der Waals surface area (Å²) in [7, 11) is 0. The van der Waals surface area contributed by atoms with Crippen molar-refractivity contribution in [1.82, 2.24) is 25.3 Å². The van der Waals surface area contributed by atoms with E-state index in [0.29, 0.717) is 12.5 Å². The molecule has 3 heterocycles. The molecule has 0 atom stereocenters. The maximum absolute atomic E-state index is 4.92. The Morgan fingerprint density at radius 3 is 2.67 bits per heavy atom. The molecule has 1 saturated heterocycles. The predicted octanol–water partition coefficient (Wildman–Crippen LogP) is 3.16. The van der Waals surface area contributed by atoms with Crippen molar-refractivity contribution in [3.05, 3.63) is 34.1 Å². The first-order valence-corrected chi connectivity index (χ1v) is 10.1. The van der Waals surface area contributed by atoms with Gasteiger partial charge >= 0.3 is 0 Å². The number of nitrogens with one attached hydrogen (secondary N) is 1. The van der Waals surface area contributed by atoms with E-state index in [-0.39, 0.29) is 24.0 Å². The van der Waals surface area contributed by atoms with E-state index in [9.17, 15) is 0 Å². The number of aliphatic imine (C=N–C) groups is 1. The third-order valence-electron chi connectivity index (χ3n) is 4.34. The van der Waals surface area contributed by atoms with Crippen molar-refractivity contribution >= 4 is 41.3 Å². The van der Waals surface area contributed by atoms with Gasteiger partial charge in [0.15, 0.2) is 5.96 Å². The van der Waals surface area contributed by atoms with Gasteiger partial charge in [-0.1, -0.05) is 19.0 Å². The Morgan fingerprint density at radius 1 is 1.30 bits per heavy atom. The molecule has 0 saturated carbocycles. The van der Waals surface area contributed by atoms with E-state index in [1.807, 2.05) is 6.07 Å². The fourth-order valence-corrected chi connectivity index (χ4v) is 3.73. The van der Waals surface area contributed by atoms with Gasteiger partial charge in [-0.25, -0.2) is 9.98 Å². The third kappa shape index (κ3) is 6.42. The van der Waals surface area contributed by atoms with Gasteiger partial charge in [0.05, 0.1) is 22.9 Å². The van der Waals surface area contributed by atoms with E-state index in [4.69, 9.17) is 9.52 Å². The molecule has 150 valence electrons. The van der Waals surface area contributed by atoms with Crippen molar-refractivity contribution in [3.63, 3.8) is 0 Å². The van der Waals surface area contributed by atoms with Crippen molar-refractivity contribution in [3.8, 4) is 0 Å². The van der Waals surface area contributed by atoms with Gasteiger partial charge in [0.1, 0.15) is 6.26 Å². The molecule has 0 spiro atoms. The number of hydrogen-bond donors (Lipinski definition) is 1. The molecular formula is C18H29IN6OS. The van der Waals surface area contributed by atoms with E-state index in [0.717, 1.165) is 56.6 Å². The highest BCUT2D eigenvalue weighted by Gasteiger charge is 2.20. The van der Waals surface area contributed by atoms with Crippen LogP contribution in [-0.2, 0) is 13.1 Å². The van der Waals surface area contributed by atoms with Crippen LogP contribution < -0.4 is 5.32 Å². The molecule has 2 aromatic rings. The maximum atomic E-state index is 4.92. The van der Waals surface area contributed by atoms with Gasteiger partial charge in [0, 0.05) is 56.6 Å². The standard InChI is InChI=1S/C18H28N6OS.HI/c1-4-19-18(20-11-16-13-26-17(21-16)14(2)3)24-8-6-23(7-9-24)12-15-5-10-25-22-15;/h5,10,13-14H,4,6-9,11-12H2,1-3H3,(H,19,20);1H. The molecule has 1 aliphatic rings. The van der Waals surface area contributed by atoms with Crippen LogP contribution in [0.15, 0.2) is 27.2 Å². The largest absolute Gasteiger partial charge is 0.364 e. The van der Waals surface area contributed by atoms with Crippen LogP contribution in [0.25, 0.3) is 0 Å². The fourth-order valence-electron chi connectivity index (χ4n) is 2.91. The minimum atomic E-state index is 0. The summed E-state index contributed by atoms with van der Waals surface area (Å²) in [6.45, 7) is 12.7. The molecule has 0 amide bonds. The minimum Gasteiger partial charge on any atom is -0.364 e. The molecule has 0 radical (unpaired) electrons. The molecule has 1 fully saturated rings. The van der Waals surface area contributed by atoms with Crippen LogP contribution in [0.2, 0.25) is 0 Å². The van der Waals surface area contributed by atoms with Gasteiger partial charge in [-0.05, 0) is 6.92 Å². The Balaban J connectivity index is 0.00000261. The summed E-state index contributed by atoms with van der Waals surface area (Å²) in [5.74, 6) is 1.46. The first-order chi connectivity index (χ1) is 12.7. The van der Waals surface area contributed by atoms with Gasteiger partial charge in [0.25, 0.3) is 0 Å². The summed E-state index contributed by atoms with van der Waals surface area (Å²) in [5.41, 5.74) is 2.04. The molecule has 0 unspecified atom stereocenters. The van der Waals surface area contributed by atoms with Crippen molar-refractivity contribution in [2.45, 2.75) is 39.8 Å². The lowest BCUT2D eigenvalue weighted by Gasteiger charge is -2.36. The van der Waals surface area contributed by atoms with Crippen LogP contribution in [0.1, 0.15) is 43.1 Å². The zero-order valence-corrected chi connectivity index (χ0v) is 19.4. The Labute approximate surface area is 182 Å². The summed E-state index contributed by atoms with van der Waals surface area (Å²) in [6, 6.07) is 1.93. The van der Waals surface area contributed by atoms with Gasteiger partial charge in [-0.2, -0.15) is 0 Å². The molecule has 27 heavy (non-hydrogen) atoms. The SMILES string of the molecule is CCNC(=NCc1csc(C(C)C)n1)N1CCN(Cc2ccon2)CC1.I. The van der Waals surface area contributed by atoms with Crippen molar-refractivity contribution < 1.29 is 4.52 Å². The Morgan fingerprint density at radius 2 is 2.07 bits per heavy atom. The number of hydrogen-bond acceptors (Lipinski definition) is 6. The zero-order chi connectivity index (χ0) is 18.4. The van der Waals surface area contributed by atoms with Crippen LogP contribution in [-0.4, -0.2) is 58.6 Å². The Hall–Kier alpha value is -1.20. The summed E-state index contributed by atoms with van der Waals surface area (Å²) < 4.78 is 4.92. The number of thiazole rings is 1. The lowest BCUT2D eigenvalue weighted by molar-refractivity contribution is 0.169. The average molecular weight is 504 g/mol. The van der Waals surface area contributed by atoms with Crippen LogP contribution in [0.4, 0.5) is 0 Å². The average Bonchev–Trinajstić information content (AvgIpc) is 3.31. The lowest BCUT2D eigenvalue weighted by atomic mass is 10.2. The number of guanidine groups is 1. The molecule has 1 aliphatic heterocycles. The Kier molecular flexibility index (Phi) is 8.97. The molecule has 0 bridgehead atoms. The smallest absolute Gasteiger partial charge is 0.194 e. The van der Waals surface area contributed by atoms with Crippen molar-refractivity contribution in [2.24, 2.45) is 4.99 Å². The molecule has 3 rings (SSSR count). The first-order valence-electron chi connectivity index (χ1n) is 9.25. The number of nitrogens with zero attached hydrogens (tertiary/aromatic N) is 5. The molecule has 2 aromatic heterocycles. The zero-order valence-electron chi connectivity index (χ0n) is 16.2. The number of rotatable bonds is 6. The van der Waals surface area contributed by atoms with E-state index in [1.165, 1.54) is 5.01 Å². The van der Waals surface area contributed by atoms with Crippen molar-refractivity contribution in [1.29, 1.82) is 0 Å². The molecule has 1 N–H and O–H groups in total. The second-order valence-corrected chi connectivity index (χ2v) is 7.65. The summed E-state index contributed by atoms with van der Waals surface area (Å²) in [5, 5.41) is 10.7. The normalized spacial score (nSPS) is 15.9. The van der Waals surface area contributed by atoms with E-state index in [2.05, 4.69) is 51.4 Å². The minimum absolute atomic E-state index is 0. The first kappa shape index (κ1) is 22.1. The summed E-state index contributed by atoms with van der Waals surface area (Å²) in [6.07, 6.45) is 1.63. The quantitative estimate of drug-likeness (QED) is 0.371. The van der Waals surface area contributed by atoms with Gasteiger partial charge in [-0.3, -0.25) is 4.90 Å². The van der Waals surface area contributed by atoms with Crippen LogP contribution >= 0.6 is 35.3 Å². The highest BCUT2D eigenvalue weighted by molar-refractivity contribution is 14.0. The predicted molar refractivity (Wildman–Crippen MR) is 120 cm³/mol. The highest BCUT2D eigenvalue weighted by atomic mass is 127. The number of aromatic nitrogens is 2. The Bertz CT molecular complexity index is 695. The number of halogens is 1. The second-order valence-electron chi connectivity index (χ2n) is 6.76. The number of piperazine rings is 1. The third-order valence-corrected chi connectivity index (χ3v) is 5.53. The second kappa shape index (κ2) is 11.0. The molecule has 9 heteroatoms. The highest BCUT2D eigenvalue weighted by Crippen LogP contribution is 2.19.